The van der Waals surface area contributed by atoms with Gasteiger partial charge in [-0.2, -0.15) is 0 Å². The molecule has 0 radical (unpaired) electrons. The number of thioether (sulfide) groups is 1. The molecule has 1 amide bonds. The molecule has 1 aromatic heterocycles. The summed E-state index contributed by atoms with van der Waals surface area (Å²) in [6.07, 6.45) is 3.95. The lowest BCUT2D eigenvalue weighted by Crippen LogP contribution is -2.33. The lowest BCUT2D eigenvalue weighted by Gasteiger charge is -2.29. The first kappa shape index (κ1) is 15.0. The maximum atomic E-state index is 11.8. The largest absolute Gasteiger partial charge is 0.312 e. The fourth-order valence-electron chi connectivity index (χ4n) is 2.79. The molecule has 0 fully saturated rings. The van der Waals surface area contributed by atoms with E-state index in [0.29, 0.717) is 5.16 Å². The Morgan fingerprint density at radius 1 is 1.32 bits per heavy atom. The summed E-state index contributed by atoms with van der Waals surface area (Å²) in [5, 5.41) is 9.09. The van der Waals surface area contributed by atoms with Gasteiger partial charge in [0.25, 0.3) is 0 Å². The number of amides is 1. The standard InChI is InChI=1S/C16H18N4OS/c1-10-15(18-19-16(17-10)22-3)13-7-6-12-5-4-8-20(11(2)21)14(12)9-13/h6-7,9H,4-5,8H2,1-3H3. The highest BCUT2D eigenvalue weighted by Gasteiger charge is 2.21. The summed E-state index contributed by atoms with van der Waals surface area (Å²) in [6, 6.07) is 6.16. The fraction of sp³-hybridized carbons (Fsp3) is 0.375. The van der Waals surface area contributed by atoms with Crippen LogP contribution < -0.4 is 4.90 Å². The van der Waals surface area contributed by atoms with Gasteiger partial charge in [-0.1, -0.05) is 23.9 Å². The van der Waals surface area contributed by atoms with Crippen molar-refractivity contribution in [2.75, 3.05) is 17.7 Å². The highest BCUT2D eigenvalue weighted by atomic mass is 32.2. The number of carbonyl (C=O) groups is 1. The predicted molar refractivity (Wildman–Crippen MR) is 88.1 cm³/mol. The summed E-state index contributed by atoms with van der Waals surface area (Å²) in [4.78, 5) is 18.1. The zero-order valence-electron chi connectivity index (χ0n) is 13.0. The van der Waals surface area contributed by atoms with Crippen molar-refractivity contribution in [1.29, 1.82) is 0 Å². The Morgan fingerprint density at radius 3 is 2.82 bits per heavy atom. The summed E-state index contributed by atoms with van der Waals surface area (Å²) >= 11 is 1.48. The molecule has 22 heavy (non-hydrogen) atoms. The highest BCUT2D eigenvalue weighted by molar-refractivity contribution is 7.98. The molecule has 1 aromatic carbocycles. The average Bonchev–Trinajstić information content (AvgIpc) is 2.53. The van der Waals surface area contributed by atoms with Gasteiger partial charge in [-0.05, 0) is 37.7 Å². The van der Waals surface area contributed by atoms with E-state index < -0.39 is 0 Å². The van der Waals surface area contributed by atoms with Crippen molar-refractivity contribution >= 4 is 23.4 Å². The Hall–Kier alpha value is -1.95. The third kappa shape index (κ3) is 2.70. The molecular formula is C16H18N4OS. The maximum absolute atomic E-state index is 11.8. The van der Waals surface area contributed by atoms with Crippen molar-refractivity contribution in [1.82, 2.24) is 15.2 Å². The van der Waals surface area contributed by atoms with Crippen LogP contribution in [0.5, 0.6) is 0 Å². The van der Waals surface area contributed by atoms with Crippen molar-refractivity contribution < 1.29 is 4.79 Å². The number of fused-ring (bicyclic) bond motifs is 1. The minimum atomic E-state index is 0.0803. The Balaban J connectivity index is 2.06. The third-order valence-electron chi connectivity index (χ3n) is 3.88. The Labute approximate surface area is 134 Å². The number of benzene rings is 1. The van der Waals surface area contributed by atoms with Crippen LogP contribution in [0.3, 0.4) is 0 Å². The number of nitrogens with zero attached hydrogens (tertiary/aromatic N) is 4. The van der Waals surface area contributed by atoms with Gasteiger partial charge in [-0.15, -0.1) is 10.2 Å². The molecule has 3 rings (SSSR count). The molecule has 0 saturated carbocycles. The second kappa shape index (κ2) is 6.04. The number of aromatic nitrogens is 3. The fourth-order valence-corrected chi connectivity index (χ4v) is 3.14. The van der Waals surface area contributed by atoms with E-state index in [1.54, 1.807) is 6.92 Å². The van der Waals surface area contributed by atoms with Crippen LogP contribution in [-0.2, 0) is 11.2 Å². The summed E-state index contributed by atoms with van der Waals surface area (Å²) in [7, 11) is 0. The molecule has 1 aliphatic heterocycles. The van der Waals surface area contributed by atoms with Crippen molar-refractivity contribution in [2.24, 2.45) is 0 Å². The van der Waals surface area contributed by atoms with E-state index in [4.69, 9.17) is 0 Å². The van der Waals surface area contributed by atoms with Gasteiger partial charge < -0.3 is 4.90 Å². The first-order chi connectivity index (χ1) is 10.6. The van der Waals surface area contributed by atoms with Crippen molar-refractivity contribution in [3.05, 3.63) is 29.5 Å². The van der Waals surface area contributed by atoms with Crippen LogP contribution in [-0.4, -0.2) is 33.9 Å². The smallest absolute Gasteiger partial charge is 0.223 e. The normalized spacial score (nSPS) is 13.9. The first-order valence-electron chi connectivity index (χ1n) is 7.27. The van der Waals surface area contributed by atoms with Gasteiger partial charge in [-0.25, -0.2) is 4.98 Å². The minimum absolute atomic E-state index is 0.0803. The van der Waals surface area contributed by atoms with Gasteiger partial charge in [0, 0.05) is 24.7 Å². The third-order valence-corrected chi connectivity index (χ3v) is 4.42. The number of carbonyl (C=O) groups excluding carboxylic acids is 1. The molecule has 0 spiro atoms. The van der Waals surface area contributed by atoms with Gasteiger partial charge in [0.1, 0.15) is 5.69 Å². The molecule has 6 heteroatoms. The molecule has 1 aliphatic rings. The highest BCUT2D eigenvalue weighted by Crippen LogP contribution is 2.32. The second-order valence-electron chi connectivity index (χ2n) is 5.35. The molecule has 0 atom stereocenters. The summed E-state index contributed by atoms with van der Waals surface area (Å²) in [6.45, 7) is 4.33. The van der Waals surface area contributed by atoms with Crippen LogP contribution in [0.1, 0.15) is 24.6 Å². The maximum Gasteiger partial charge on any atom is 0.223 e. The zero-order valence-corrected chi connectivity index (χ0v) is 13.8. The Morgan fingerprint density at radius 2 is 2.14 bits per heavy atom. The van der Waals surface area contributed by atoms with E-state index in [2.05, 4.69) is 21.2 Å². The Bertz CT molecular complexity index is 732. The van der Waals surface area contributed by atoms with E-state index in [1.165, 1.54) is 17.3 Å². The first-order valence-corrected chi connectivity index (χ1v) is 8.49. The molecule has 0 saturated heterocycles. The van der Waals surface area contributed by atoms with Gasteiger partial charge in [0.2, 0.25) is 11.1 Å². The number of hydrogen-bond acceptors (Lipinski definition) is 5. The quantitative estimate of drug-likeness (QED) is 0.798. The second-order valence-corrected chi connectivity index (χ2v) is 6.12. The number of anilines is 1. The molecule has 0 unspecified atom stereocenters. The van der Waals surface area contributed by atoms with Crippen LogP contribution in [0.25, 0.3) is 11.3 Å². The Kier molecular flexibility index (Phi) is 4.11. The zero-order chi connectivity index (χ0) is 15.7. The van der Waals surface area contributed by atoms with Crippen molar-refractivity contribution in [3.8, 4) is 11.3 Å². The topological polar surface area (TPSA) is 59.0 Å². The molecule has 2 aromatic rings. The van der Waals surface area contributed by atoms with E-state index >= 15 is 0 Å². The predicted octanol–water partition coefficient (Wildman–Crippen LogP) is 2.87. The molecule has 0 bridgehead atoms. The van der Waals surface area contributed by atoms with Crippen LogP contribution in [0.15, 0.2) is 23.4 Å². The van der Waals surface area contributed by atoms with E-state index in [1.807, 2.05) is 30.2 Å². The summed E-state index contributed by atoms with van der Waals surface area (Å²) < 4.78 is 0. The van der Waals surface area contributed by atoms with Crippen LogP contribution in [0, 0.1) is 6.92 Å². The molecule has 0 N–H and O–H groups in total. The van der Waals surface area contributed by atoms with Gasteiger partial charge in [0.15, 0.2) is 0 Å². The van der Waals surface area contributed by atoms with E-state index in [9.17, 15) is 4.79 Å². The van der Waals surface area contributed by atoms with Crippen molar-refractivity contribution in [3.63, 3.8) is 0 Å². The monoisotopic (exact) mass is 314 g/mol. The molecule has 0 aliphatic carbocycles. The van der Waals surface area contributed by atoms with E-state index in [0.717, 1.165) is 42.0 Å². The summed E-state index contributed by atoms with van der Waals surface area (Å²) in [5.74, 6) is 0.0803. The molecule has 2 heterocycles. The number of rotatable bonds is 2. The summed E-state index contributed by atoms with van der Waals surface area (Å²) in [5.41, 5.74) is 4.78. The van der Waals surface area contributed by atoms with Crippen LogP contribution in [0.2, 0.25) is 0 Å². The van der Waals surface area contributed by atoms with Gasteiger partial charge in [-0.3, -0.25) is 4.79 Å². The van der Waals surface area contributed by atoms with Gasteiger partial charge in [0.05, 0.1) is 5.69 Å². The lowest BCUT2D eigenvalue weighted by molar-refractivity contribution is -0.116. The minimum Gasteiger partial charge on any atom is -0.312 e. The van der Waals surface area contributed by atoms with E-state index in [-0.39, 0.29) is 5.91 Å². The SMILES string of the molecule is CSc1nnc(-c2ccc3c(c2)N(C(C)=O)CCC3)c(C)n1. The van der Waals surface area contributed by atoms with Gasteiger partial charge >= 0.3 is 0 Å². The molecule has 114 valence electrons. The molecular weight excluding hydrogens is 296 g/mol. The molecule has 5 nitrogen and oxygen atoms in total. The van der Waals surface area contributed by atoms with Crippen LogP contribution in [0.4, 0.5) is 5.69 Å². The average molecular weight is 314 g/mol. The lowest BCUT2D eigenvalue weighted by atomic mass is 9.98. The number of aryl methyl sites for hydroxylation is 2. The van der Waals surface area contributed by atoms with Crippen molar-refractivity contribution in [2.45, 2.75) is 31.8 Å². The van der Waals surface area contributed by atoms with Crippen LogP contribution >= 0.6 is 11.8 Å². The number of hydrogen-bond donors (Lipinski definition) is 0.